The molecule has 0 aliphatic rings. The topological polar surface area (TPSA) is 54.2 Å². The average Bonchev–Trinajstić information content (AvgIpc) is 3.01. The minimum atomic E-state index is 0.771. The lowest BCUT2D eigenvalue weighted by atomic mass is 10.1. The molecule has 6 heteroatoms. The molecule has 0 unspecified atom stereocenters. The summed E-state index contributed by atoms with van der Waals surface area (Å²) in [5.41, 5.74) is 1.14. The van der Waals surface area contributed by atoms with Gasteiger partial charge in [0.2, 0.25) is 0 Å². The van der Waals surface area contributed by atoms with Crippen molar-refractivity contribution in [2.24, 2.45) is 4.99 Å². The highest BCUT2D eigenvalue weighted by Crippen LogP contribution is 2.14. The SMILES string of the molecule is CN=C(NCCc1ccccc1Cl)NCCn1cccn1. The Kier molecular flexibility index (Phi) is 6.09. The average molecular weight is 306 g/mol. The molecular weight excluding hydrogens is 286 g/mol. The van der Waals surface area contributed by atoms with Gasteiger partial charge >= 0.3 is 0 Å². The van der Waals surface area contributed by atoms with Crippen molar-refractivity contribution in [3.8, 4) is 0 Å². The number of rotatable bonds is 6. The number of nitrogens with zero attached hydrogens (tertiary/aromatic N) is 3. The van der Waals surface area contributed by atoms with Crippen molar-refractivity contribution in [3.05, 3.63) is 53.3 Å². The van der Waals surface area contributed by atoms with Crippen LogP contribution in [0, 0.1) is 0 Å². The van der Waals surface area contributed by atoms with Crippen molar-refractivity contribution >= 4 is 17.6 Å². The molecule has 0 bridgehead atoms. The van der Waals surface area contributed by atoms with E-state index < -0.39 is 0 Å². The van der Waals surface area contributed by atoms with Gasteiger partial charge in [0.1, 0.15) is 0 Å². The molecule has 0 saturated carbocycles. The van der Waals surface area contributed by atoms with E-state index in [2.05, 4.69) is 20.7 Å². The van der Waals surface area contributed by atoms with E-state index in [9.17, 15) is 0 Å². The molecule has 2 aromatic rings. The van der Waals surface area contributed by atoms with E-state index in [1.807, 2.05) is 41.2 Å². The summed E-state index contributed by atoms with van der Waals surface area (Å²) in [5, 5.41) is 11.5. The molecule has 0 fully saturated rings. The first-order chi connectivity index (χ1) is 10.3. The van der Waals surface area contributed by atoms with E-state index in [4.69, 9.17) is 11.6 Å². The number of guanidine groups is 1. The first-order valence-electron chi connectivity index (χ1n) is 6.95. The van der Waals surface area contributed by atoms with Crippen LogP contribution in [0.15, 0.2) is 47.7 Å². The number of nitrogens with one attached hydrogen (secondary N) is 2. The quantitative estimate of drug-likeness (QED) is 0.633. The van der Waals surface area contributed by atoms with Crippen LogP contribution in [-0.4, -0.2) is 35.9 Å². The third-order valence-corrected chi connectivity index (χ3v) is 3.43. The van der Waals surface area contributed by atoms with Crippen LogP contribution >= 0.6 is 11.6 Å². The third kappa shape index (κ3) is 5.11. The number of benzene rings is 1. The van der Waals surface area contributed by atoms with Crippen LogP contribution in [0.3, 0.4) is 0 Å². The first-order valence-corrected chi connectivity index (χ1v) is 7.33. The van der Waals surface area contributed by atoms with Gasteiger partial charge in [-0.2, -0.15) is 5.10 Å². The molecule has 0 spiro atoms. The summed E-state index contributed by atoms with van der Waals surface area (Å²) in [7, 11) is 1.76. The summed E-state index contributed by atoms with van der Waals surface area (Å²) in [6.07, 6.45) is 4.57. The zero-order chi connectivity index (χ0) is 14.9. The molecule has 0 saturated heterocycles. The Hall–Kier alpha value is -2.01. The third-order valence-electron chi connectivity index (χ3n) is 3.06. The fraction of sp³-hybridized carbons (Fsp3) is 0.333. The lowest BCUT2D eigenvalue weighted by molar-refractivity contribution is 0.598. The lowest BCUT2D eigenvalue weighted by Crippen LogP contribution is -2.39. The van der Waals surface area contributed by atoms with Crippen LogP contribution in [0.5, 0.6) is 0 Å². The Morgan fingerprint density at radius 3 is 2.76 bits per heavy atom. The second-order valence-corrected chi connectivity index (χ2v) is 4.94. The van der Waals surface area contributed by atoms with Crippen LogP contribution in [-0.2, 0) is 13.0 Å². The van der Waals surface area contributed by atoms with Gasteiger partial charge in [0.05, 0.1) is 6.54 Å². The molecule has 0 amide bonds. The maximum atomic E-state index is 6.13. The minimum Gasteiger partial charge on any atom is -0.356 e. The van der Waals surface area contributed by atoms with Crippen LogP contribution in [0.1, 0.15) is 5.56 Å². The Labute approximate surface area is 130 Å². The largest absolute Gasteiger partial charge is 0.356 e. The molecule has 21 heavy (non-hydrogen) atoms. The van der Waals surface area contributed by atoms with Crippen molar-refractivity contribution in [1.82, 2.24) is 20.4 Å². The van der Waals surface area contributed by atoms with Crippen molar-refractivity contribution in [1.29, 1.82) is 0 Å². The molecule has 2 rings (SSSR count). The number of hydrogen-bond acceptors (Lipinski definition) is 2. The fourth-order valence-electron chi connectivity index (χ4n) is 1.96. The maximum Gasteiger partial charge on any atom is 0.191 e. The van der Waals surface area contributed by atoms with Gasteiger partial charge < -0.3 is 10.6 Å². The Morgan fingerprint density at radius 1 is 1.24 bits per heavy atom. The van der Waals surface area contributed by atoms with E-state index in [-0.39, 0.29) is 0 Å². The van der Waals surface area contributed by atoms with Gasteiger partial charge in [0, 0.05) is 37.6 Å². The van der Waals surface area contributed by atoms with E-state index in [1.54, 1.807) is 13.2 Å². The van der Waals surface area contributed by atoms with Crippen molar-refractivity contribution in [2.45, 2.75) is 13.0 Å². The van der Waals surface area contributed by atoms with Crippen LogP contribution < -0.4 is 10.6 Å². The zero-order valence-corrected chi connectivity index (χ0v) is 12.8. The molecule has 5 nitrogen and oxygen atoms in total. The Bertz CT molecular complexity index is 565. The van der Waals surface area contributed by atoms with Gasteiger partial charge in [-0.1, -0.05) is 29.8 Å². The van der Waals surface area contributed by atoms with Gasteiger partial charge in [0.25, 0.3) is 0 Å². The number of halogens is 1. The fourth-order valence-corrected chi connectivity index (χ4v) is 2.19. The summed E-state index contributed by atoms with van der Waals surface area (Å²) < 4.78 is 1.88. The summed E-state index contributed by atoms with van der Waals surface area (Å²) in [4.78, 5) is 4.19. The molecule has 0 radical (unpaired) electrons. The van der Waals surface area contributed by atoms with E-state index in [0.29, 0.717) is 0 Å². The Morgan fingerprint density at radius 2 is 2.05 bits per heavy atom. The highest BCUT2D eigenvalue weighted by atomic mass is 35.5. The van der Waals surface area contributed by atoms with Crippen molar-refractivity contribution in [2.75, 3.05) is 20.1 Å². The smallest absolute Gasteiger partial charge is 0.191 e. The normalized spacial score (nSPS) is 11.4. The van der Waals surface area contributed by atoms with Gasteiger partial charge in [-0.05, 0) is 24.1 Å². The molecule has 0 aliphatic carbocycles. The number of aromatic nitrogens is 2. The predicted molar refractivity (Wildman–Crippen MR) is 86.7 cm³/mol. The van der Waals surface area contributed by atoms with Crippen LogP contribution in [0.2, 0.25) is 5.02 Å². The molecule has 1 aromatic carbocycles. The van der Waals surface area contributed by atoms with Crippen molar-refractivity contribution in [3.63, 3.8) is 0 Å². The number of aliphatic imine (C=N–C) groups is 1. The number of hydrogen-bond donors (Lipinski definition) is 2. The standard InChI is InChI=1S/C15H20ClN5/c1-17-15(19-10-12-21-11-4-8-20-21)18-9-7-13-5-2-3-6-14(13)16/h2-6,8,11H,7,9-10,12H2,1H3,(H2,17,18,19). The highest BCUT2D eigenvalue weighted by Gasteiger charge is 2.00. The van der Waals surface area contributed by atoms with Crippen LogP contribution in [0.25, 0.3) is 0 Å². The molecule has 1 aromatic heterocycles. The zero-order valence-electron chi connectivity index (χ0n) is 12.1. The molecule has 2 N–H and O–H groups in total. The summed E-state index contributed by atoms with van der Waals surface area (Å²) in [6, 6.07) is 9.80. The molecule has 1 heterocycles. The highest BCUT2D eigenvalue weighted by molar-refractivity contribution is 6.31. The monoisotopic (exact) mass is 305 g/mol. The molecule has 0 atom stereocenters. The van der Waals surface area contributed by atoms with Crippen molar-refractivity contribution < 1.29 is 0 Å². The minimum absolute atomic E-state index is 0.771. The van der Waals surface area contributed by atoms with Gasteiger partial charge in [-0.25, -0.2) is 0 Å². The van der Waals surface area contributed by atoms with E-state index >= 15 is 0 Å². The van der Waals surface area contributed by atoms with E-state index in [0.717, 1.165) is 42.6 Å². The van der Waals surface area contributed by atoms with Gasteiger partial charge in [-0.15, -0.1) is 0 Å². The maximum absolute atomic E-state index is 6.13. The van der Waals surface area contributed by atoms with Gasteiger partial charge in [0.15, 0.2) is 5.96 Å². The predicted octanol–water partition coefficient (Wildman–Crippen LogP) is 1.94. The summed E-state index contributed by atoms with van der Waals surface area (Å²) in [6.45, 7) is 2.36. The second kappa shape index (κ2) is 8.32. The lowest BCUT2D eigenvalue weighted by Gasteiger charge is -2.12. The molecular formula is C15H20ClN5. The second-order valence-electron chi connectivity index (χ2n) is 4.54. The van der Waals surface area contributed by atoms with Crippen LogP contribution in [0.4, 0.5) is 0 Å². The first kappa shape index (κ1) is 15.4. The summed E-state index contributed by atoms with van der Waals surface area (Å²) in [5.74, 6) is 0.786. The summed E-state index contributed by atoms with van der Waals surface area (Å²) >= 11 is 6.13. The molecule has 0 aliphatic heterocycles. The van der Waals surface area contributed by atoms with E-state index in [1.165, 1.54) is 0 Å². The molecule has 112 valence electrons. The Balaban J connectivity index is 1.69. The van der Waals surface area contributed by atoms with Gasteiger partial charge in [-0.3, -0.25) is 9.67 Å².